The first-order chi connectivity index (χ1) is 9.93. The van der Waals surface area contributed by atoms with E-state index in [9.17, 15) is 13.9 Å². The molecule has 0 bridgehead atoms. The van der Waals surface area contributed by atoms with Crippen molar-refractivity contribution in [2.45, 2.75) is 12.5 Å². The molecule has 6 heteroatoms. The van der Waals surface area contributed by atoms with E-state index in [4.69, 9.17) is 4.74 Å². The summed E-state index contributed by atoms with van der Waals surface area (Å²) in [6.45, 7) is 0. The van der Waals surface area contributed by atoms with Gasteiger partial charge < -0.3 is 9.84 Å². The minimum atomic E-state index is -0.998. The Morgan fingerprint density at radius 3 is 2.52 bits per heavy atom. The smallest absolute Gasteiger partial charge is 0.173 e. The van der Waals surface area contributed by atoms with Crippen molar-refractivity contribution < 1.29 is 18.6 Å². The molecule has 0 aliphatic heterocycles. The number of rotatable bonds is 4. The maximum absolute atomic E-state index is 13.5. The van der Waals surface area contributed by atoms with Crippen LogP contribution in [0.2, 0.25) is 0 Å². The lowest BCUT2D eigenvalue weighted by Gasteiger charge is -2.14. The van der Waals surface area contributed by atoms with Gasteiger partial charge in [-0.1, -0.05) is 12.1 Å². The highest BCUT2D eigenvalue weighted by Gasteiger charge is 2.18. The first-order valence-electron chi connectivity index (χ1n) is 6.08. The van der Waals surface area contributed by atoms with E-state index in [2.05, 4.69) is 31.9 Å². The molecule has 1 atom stereocenters. The number of halogens is 4. The number of benzene rings is 2. The summed E-state index contributed by atoms with van der Waals surface area (Å²) in [6, 6.07) is 7.76. The van der Waals surface area contributed by atoms with Crippen LogP contribution >= 0.6 is 31.9 Å². The Balaban J connectivity index is 2.24. The second kappa shape index (κ2) is 6.85. The van der Waals surface area contributed by atoms with Gasteiger partial charge in [-0.05, 0) is 61.2 Å². The molecule has 0 aromatic heterocycles. The van der Waals surface area contributed by atoms with Gasteiger partial charge in [-0.15, -0.1) is 0 Å². The maximum Gasteiger partial charge on any atom is 0.173 e. The molecule has 0 saturated heterocycles. The van der Waals surface area contributed by atoms with Crippen molar-refractivity contribution in [3.05, 3.63) is 62.0 Å². The summed E-state index contributed by atoms with van der Waals surface area (Å²) in [5.74, 6) is -1.27. The van der Waals surface area contributed by atoms with E-state index >= 15 is 0 Å². The normalized spacial score (nSPS) is 12.3. The Morgan fingerprint density at radius 1 is 1.19 bits per heavy atom. The third-order valence-corrected chi connectivity index (χ3v) is 4.49. The molecule has 2 nitrogen and oxygen atoms in total. The second-order valence-electron chi connectivity index (χ2n) is 4.45. The average Bonchev–Trinajstić information content (AvgIpc) is 2.45. The van der Waals surface area contributed by atoms with Gasteiger partial charge in [0.2, 0.25) is 0 Å². The molecule has 112 valence electrons. The fourth-order valence-corrected chi connectivity index (χ4v) is 3.14. The molecule has 0 aliphatic carbocycles. The van der Waals surface area contributed by atoms with Crippen LogP contribution in [-0.2, 0) is 6.42 Å². The number of methoxy groups -OCH3 is 1. The highest BCUT2D eigenvalue weighted by molar-refractivity contribution is 9.10. The quantitative estimate of drug-likeness (QED) is 0.720. The molecule has 2 aromatic rings. The van der Waals surface area contributed by atoms with Crippen LogP contribution in [0.25, 0.3) is 0 Å². The monoisotopic (exact) mass is 420 g/mol. The summed E-state index contributed by atoms with van der Waals surface area (Å²) in [4.78, 5) is 0. The van der Waals surface area contributed by atoms with E-state index in [0.29, 0.717) is 11.3 Å². The van der Waals surface area contributed by atoms with Gasteiger partial charge >= 0.3 is 0 Å². The minimum absolute atomic E-state index is 0.0532. The molecule has 1 unspecified atom stereocenters. The molecular formula is C15H12Br2F2O2. The van der Waals surface area contributed by atoms with Crippen molar-refractivity contribution in [2.24, 2.45) is 0 Å². The van der Waals surface area contributed by atoms with Gasteiger partial charge in [0.1, 0.15) is 5.75 Å². The first kappa shape index (κ1) is 16.4. The van der Waals surface area contributed by atoms with Crippen LogP contribution in [0, 0.1) is 11.6 Å². The zero-order valence-electron chi connectivity index (χ0n) is 11.0. The van der Waals surface area contributed by atoms with E-state index in [-0.39, 0.29) is 10.9 Å². The van der Waals surface area contributed by atoms with Gasteiger partial charge in [0.25, 0.3) is 0 Å². The first-order valence-corrected chi connectivity index (χ1v) is 7.66. The summed E-state index contributed by atoms with van der Waals surface area (Å²) in [5.41, 5.74) is 1.15. The molecule has 21 heavy (non-hydrogen) atoms. The Morgan fingerprint density at radius 2 is 1.90 bits per heavy atom. The van der Waals surface area contributed by atoms with Crippen molar-refractivity contribution in [3.8, 4) is 5.75 Å². The van der Waals surface area contributed by atoms with E-state index in [0.717, 1.165) is 16.1 Å². The molecule has 0 spiro atoms. The van der Waals surface area contributed by atoms with E-state index in [1.807, 2.05) is 6.07 Å². The van der Waals surface area contributed by atoms with Gasteiger partial charge in [-0.3, -0.25) is 0 Å². The average molecular weight is 422 g/mol. The topological polar surface area (TPSA) is 29.5 Å². The molecule has 2 rings (SSSR count). The van der Waals surface area contributed by atoms with Crippen molar-refractivity contribution in [2.75, 3.05) is 7.11 Å². The summed E-state index contributed by atoms with van der Waals surface area (Å²) in [7, 11) is 1.56. The van der Waals surface area contributed by atoms with E-state index in [1.54, 1.807) is 19.2 Å². The predicted molar refractivity (Wildman–Crippen MR) is 83.4 cm³/mol. The van der Waals surface area contributed by atoms with E-state index < -0.39 is 17.7 Å². The van der Waals surface area contributed by atoms with Crippen LogP contribution in [0.5, 0.6) is 5.75 Å². The van der Waals surface area contributed by atoms with Crippen LogP contribution < -0.4 is 4.74 Å². The molecular weight excluding hydrogens is 410 g/mol. The van der Waals surface area contributed by atoms with Crippen molar-refractivity contribution >= 4 is 31.9 Å². The van der Waals surface area contributed by atoms with Crippen LogP contribution in [0.4, 0.5) is 8.78 Å². The highest BCUT2D eigenvalue weighted by atomic mass is 79.9. The third-order valence-electron chi connectivity index (χ3n) is 3.07. The van der Waals surface area contributed by atoms with Crippen LogP contribution in [0.1, 0.15) is 17.2 Å². The van der Waals surface area contributed by atoms with Crippen LogP contribution in [0.15, 0.2) is 39.3 Å². The molecule has 0 saturated carbocycles. The summed E-state index contributed by atoms with van der Waals surface area (Å²) < 4.78 is 32.4. The number of hydrogen-bond acceptors (Lipinski definition) is 2. The number of aliphatic hydroxyl groups is 1. The lowest BCUT2D eigenvalue weighted by atomic mass is 10.0. The lowest BCUT2D eigenvalue weighted by Crippen LogP contribution is -2.05. The molecule has 0 aliphatic rings. The largest absolute Gasteiger partial charge is 0.496 e. The Bertz CT molecular complexity index is 662. The maximum atomic E-state index is 13.5. The van der Waals surface area contributed by atoms with E-state index in [1.165, 1.54) is 6.07 Å². The number of hydrogen-bond donors (Lipinski definition) is 1. The van der Waals surface area contributed by atoms with Crippen molar-refractivity contribution in [1.82, 2.24) is 0 Å². The predicted octanol–water partition coefficient (Wildman–Crippen LogP) is 4.77. The molecule has 0 fully saturated rings. The molecule has 2 aromatic carbocycles. The van der Waals surface area contributed by atoms with Gasteiger partial charge in [-0.25, -0.2) is 8.78 Å². The molecule has 1 N–H and O–H groups in total. The fourth-order valence-electron chi connectivity index (χ4n) is 1.97. The summed E-state index contributed by atoms with van der Waals surface area (Å²) >= 11 is 6.34. The van der Waals surface area contributed by atoms with Gasteiger partial charge in [0.15, 0.2) is 11.6 Å². The number of ether oxygens (including phenoxy) is 1. The zero-order chi connectivity index (χ0) is 15.6. The van der Waals surface area contributed by atoms with Gasteiger partial charge in [0.05, 0.1) is 22.2 Å². The molecule has 0 radical (unpaired) electrons. The highest BCUT2D eigenvalue weighted by Crippen LogP contribution is 2.31. The van der Waals surface area contributed by atoms with Gasteiger partial charge in [0, 0.05) is 6.42 Å². The lowest BCUT2D eigenvalue weighted by molar-refractivity contribution is 0.177. The van der Waals surface area contributed by atoms with Crippen molar-refractivity contribution in [3.63, 3.8) is 0 Å². The van der Waals surface area contributed by atoms with Crippen LogP contribution in [0.3, 0.4) is 0 Å². The Hall–Kier alpha value is -0.980. The number of aliphatic hydroxyl groups excluding tert-OH is 1. The zero-order valence-corrected chi connectivity index (χ0v) is 14.2. The Kier molecular flexibility index (Phi) is 5.35. The van der Waals surface area contributed by atoms with Crippen molar-refractivity contribution in [1.29, 1.82) is 0 Å². The third kappa shape index (κ3) is 3.62. The summed E-state index contributed by atoms with van der Waals surface area (Å²) in [5, 5.41) is 10.2. The SMILES string of the molecule is COc1ccc(CC(O)c2ccc(F)c(F)c2Br)cc1Br. The standard InChI is InChI=1S/C15H12Br2F2O2/c1-21-13-5-2-8(6-10(13)16)7-12(20)9-3-4-11(18)15(19)14(9)17/h2-6,12,20H,7H2,1H3. The fraction of sp³-hybridized carbons (Fsp3) is 0.200. The summed E-state index contributed by atoms with van der Waals surface area (Å²) in [6.07, 6.45) is -0.679. The Labute approximate surface area is 138 Å². The molecule has 0 heterocycles. The second-order valence-corrected chi connectivity index (χ2v) is 6.10. The van der Waals surface area contributed by atoms with Crippen LogP contribution in [-0.4, -0.2) is 12.2 Å². The minimum Gasteiger partial charge on any atom is -0.496 e. The molecule has 0 amide bonds. The van der Waals surface area contributed by atoms with Gasteiger partial charge in [-0.2, -0.15) is 0 Å².